The van der Waals surface area contributed by atoms with Gasteiger partial charge in [-0.05, 0) is 0 Å². The zero-order valence-corrected chi connectivity index (χ0v) is 9.63. The minimum atomic E-state index is 0.312. The van der Waals surface area contributed by atoms with Crippen LogP contribution in [0.2, 0.25) is 0 Å². The van der Waals surface area contributed by atoms with E-state index in [9.17, 15) is 0 Å². The molecule has 1 aromatic heterocycles. The van der Waals surface area contributed by atoms with Crippen molar-refractivity contribution in [3.63, 3.8) is 0 Å². The van der Waals surface area contributed by atoms with Gasteiger partial charge in [0.25, 0.3) is 0 Å². The van der Waals surface area contributed by atoms with Gasteiger partial charge in [0.1, 0.15) is 0 Å². The summed E-state index contributed by atoms with van der Waals surface area (Å²) in [5.74, 6) is 0. The molecule has 0 aliphatic carbocycles. The first-order valence-electron chi connectivity index (χ1n) is 3.31. The molecule has 10 heavy (non-hydrogen) atoms. The molecule has 0 saturated heterocycles. The summed E-state index contributed by atoms with van der Waals surface area (Å²) in [6, 6.07) is 6.08. The Bertz CT molecular complexity index is 200. The molecule has 0 amide bonds. The molecule has 0 N–H and O–H groups in total. The van der Waals surface area contributed by atoms with Crippen LogP contribution >= 0.6 is 0 Å². The number of hydrogen-bond acceptors (Lipinski definition) is 1. The summed E-state index contributed by atoms with van der Waals surface area (Å²) < 4.78 is 0.312. The van der Waals surface area contributed by atoms with E-state index in [1.807, 2.05) is 18.3 Å². The molecule has 0 atom stereocenters. The Kier molecular flexibility index (Phi) is 2.35. The summed E-state index contributed by atoms with van der Waals surface area (Å²) in [6.45, 7) is 4.44. The van der Waals surface area contributed by atoms with Gasteiger partial charge in [-0.3, -0.25) is 0 Å². The molecule has 0 saturated carbocycles. The van der Waals surface area contributed by atoms with E-state index in [-0.39, 0.29) is 0 Å². The Hall–Kier alpha value is -0.0318. The molecule has 0 fully saturated rings. The van der Waals surface area contributed by atoms with Crippen LogP contribution in [0, 0.1) is 0 Å². The van der Waals surface area contributed by atoms with Crippen molar-refractivity contribution in [2.75, 3.05) is 0 Å². The van der Waals surface area contributed by atoms with E-state index < -0.39 is 0 Å². The van der Waals surface area contributed by atoms with Crippen molar-refractivity contribution < 1.29 is 0 Å². The van der Waals surface area contributed by atoms with E-state index in [0.717, 1.165) is 0 Å². The fourth-order valence-electron chi connectivity index (χ4n) is 0.744. The third kappa shape index (κ3) is 1.98. The van der Waals surface area contributed by atoms with E-state index in [1.165, 1.54) is 28.7 Å². The van der Waals surface area contributed by atoms with Gasteiger partial charge in [-0.25, -0.2) is 0 Å². The topological polar surface area (TPSA) is 12.9 Å². The fraction of sp³-hybridized carbons (Fsp3) is 0.375. The van der Waals surface area contributed by atoms with Crippen molar-refractivity contribution in [1.29, 1.82) is 0 Å². The molecular formula is C8H12NSb. The SMILES string of the molecule is C[C](C)([SbH2])c1ccccn1. The van der Waals surface area contributed by atoms with Gasteiger partial charge in [0.15, 0.2) is 0 Å². The van der Waals surface area contributed by atoms with Crippen molar-refractivity contribution in [2.24, 2.45) is 0 Å². The monoisotopic (exact) mass is 243 g/mol. The molecule has 1 heterocycles. The average Bonchev–Trinajstić information content (AvgIpc) is 1.88. The van der Waals surface area contributed by atoms with E-state index in [1.54, 1.807) is 0 Å². The number of nitrogens with zero attached hydrogens (tertiary/aromatic N) is 1. The Morgan fingerprint density at radius 1 is 1.40 bits per heavy atom. The molecule has 0 aromatic carbocycles. The summed E-state index contributed by atoms with van der Waals surface area (Å²) >= 11 is 1.22. The molecule has 54 valence electrons. The van der Waals surface area contributed by atoms with Gasteiger partial charge in [0, 0.05) is 0 Å². The summed E-state index contributed by atoms with van der Waals surface area (Å²) in [5.41, 5.74) is 1.21. The van der Waals surface area contributed by atoms with Gasteiger partial charge in [0.05, 0.1) is 0 Å². The first-order valence-corrected chi connectivity index (χ1v) is 4.96. The van der Waals surface area contributed by atoms with Crippen LogP contribution in [0.1, 0.15) is 19.5 Å². The molecule has 0 bridgehead atoms. The quantitative estimate of drug-likeness (QED) is 0.670. The average molecular weight is 244 g/mol. The maximum absolute atomic E-state index is 4.28. The first kappa shape index (κ1) is 8.07. The van der Waals surface area contributed by atoms with Crippen LogP contribution in [0.25, 0.3) is 0 Å². The Balaban J connectivity index is 2.97. The van der Waals surface area contributed by atoms with Crippen LogP contribution < -0.4 is 0 Å². The van der Waals surface area contributed by atoms with Crippen molar-refractivity contribution in [3.05, 3.63) is 30.1 Å². The third-order valence-electron chi connectivity index (χ3n) is 1.33. The maximum atomic E-state index is 4.28. The molecule has 0 aliphatic rings. The van der Waals surface area contributed by atoms with E-state index in [2.05, 4.69) is 24.9 Å². The fourth-order valence-corrected chi connectivity index (χ4v) is 1.23. The van der Waals surface area contributed by atoms with Gasteiger partial charge < -0.3 is 0 Å². The number of rotatable bonds is 1. The molecule has 0 spiro atoms. The van der Waals surface area contributed by atoms with Crippen LogP contribution in [0.5, 0.6) is 0 Å². The molecular weight excluding hydrogens is 232 g/mol. The van der Waals surface area contributed by atoms with Crippen molar-refractivity contribution >= 4 is 23.0 Å². The van der Waals surface area contributed by atoms with Gasteiger partial charge in [-0.15, -0.1) is 0 Å². The number of pyridine rings is 1. The Morgan fingerprint density at radius 2 is 2.10 bits per heavy atom. The standard InChI is InChI=1S/C8H10N.Sb.2H/c1-7(2)8-5-3-4-6-9-8;;;/h3-6H,1-2H3;;;. The van der Waals surface area contributed by atoms with Crippen LogP contribution in [-0.2, 0) is 3.36 Å². The van der Waals surface area contributed by atoms with Crippen LogP contribution in [0.3, 0.4) is 0 Å². The minimum absolute atomic E-state index is 0.312. The number of hydrogen-bond donors (Lipinski definition) is 0. The first-order chi connectivity index (χ1) is 4.61. The van der Waals surface area contributed by atoms with Crippen molar-refractivity contribution in [1.82, 2.24) is 4.98 Å². The second-order valence-electron chi connectivity index (χ2n) is 2.94. The van der Waals surface area contributed by atoms with E-state index in [0.29, 0.717) is 3.36 Å². The summed E-state index contributed by atoms with van der Waals surface area (Å²) in [6.07, 6.45) is 1.85. The molecule has 1 aromatic rings. The Labute approximate surface area is 75.4 Å². The van der Waals surface area contributed by atoms with Gasteiger partial charge in [-0.2, -0.15) is 0 Å². The van der Waals surface area contributed by atoms with Gasteiger partial charge >= 0.3 is 75.3 Å². The molecule has 1 rings (SSSR count). The molecule has 1 nitrogen and oxygen atoms in total. The second-order valence-corrected chi connectivity index (χ2v) is 7.06. The molecule has 0 aliphatic heterocycles. The second kappa shape index (κ2) is 2.92. The van der Waals surface area contributed by atoms with Gasteiger partial charge in [-0.1, -0.05) is 0 Å². The van der Waals surface area contributed by atoms with Crippen LogP contribution in [-0.4, -0.2) is 28.0 Å². The van der Waals surface area contributed by atoms with Crippen LogP contribution in [0.4, 0.5) is 0 Å². The molecule has 0 radical (unpaired) electrons. The summed E-state index contributed by atoms with van der Waals surface area (Å²) in [7, 11) is 0. The normalized spacial score (nSPS) is 11.5. The van der Waals surface area contributed by atoms with Crippen molar-refractivity contribution in [2.45, 2.75) is 17.2 Å². The predicted molar refractivity (Wildman–Crippen MR) is 45.8 cm³/mol. The third-order valence-corrected chi connectivity index (χ3v) is 2.17. The van der Waals surface area contributed by atoms with Gasteiger partial charge in [0.2, 0.25) is 0 Å². The van der Waals surface area contributed by atoms with E-state index in [4.69, 9.17) is 0 Å². The molecule has 0 unspecified atom stereocenters. The Morgan fingerprint density at radius 3 is 2.40 bits per heavy atom. The number of aromatic nitrogens is 1. The summed E-state index contributed by atoms with van der Waals surface area (Å²) in [5, 5.41) is 0. The van der Waals surface area contributed by atoms with Crippen LogP contribution in [0.15, 0.2) is 24.4 Å². The van der Waals surface area contributed by atoms with Crippen molar-refractivity contribution in [3.8, 4) is 0 Å². The van der Waals surface area contributed by atoms with E-state index >= 15 is 0 Å². The summed E-state index contributed by atoms with van der Waals surface area (Å²) in [4.78, 5) is 4.28. The molecule has 2 heteroatoms. The predicted octanol–water partition coefficient (Wildman–Crippen LogP) is 0.950. The zero-order chi connectivity index (χ0) is 7.61. The zero-order valence-electron chi connectivity index (χ0n) is 6.33.